The molecule has 5 rings (SSSR count). The van der Waals surface area contributed by atoms with E-state index in [9.17, 15) is 4.79 Å². The van der Waals surface area contributed by atoms with Crippen LogP contribution in [0.5, 0.6) is 0 Å². The number of benzene rings is 3. The minimum atomic E-state index is 0.131. The zero-order valence-electron chi connectivity index (χ0n) is 19.5. The molecular formula is C27H28N6OS. The van der Waals surface area contributed by atoms with Crippen LogP contribution in [0.4, 0.5) is 5.69 Å². The third-order valence-corrected chi connectivity index (χ3v) is 7.03. The molecule has 1 saturated heterocycles. The molecule has 0 saturated carbocycles. The Morgan fingerprint density at radius 3 is 2.17 bits per heavy atom. The summed E-state index contributed by atoms with van der Waals surface area (Å²) in [6, 6.07) is 28.0. The van der Waals surface area contributed by atoms with Gasteiger partial charge >= 0.3 is 0 Å². The molecule has 0 bridgehead atoms. The molecule has 178 valence electrons. The molecule has 3 aromatic carbocycles. The molecule has 0 atom stereocenters. The maximum absolute atomic E-state index is 13.0. The van der Waals surface area contributed by atoms with Crippen LogP contribution in [0.15, 0.2) is 90.1 Å². The van der Waals surface area contributed by atoms with E-state index in [0.29, 0.717) is 16.6 Å². The Bertz CT molecular complexity index is 1250. The maximum Gasteiger partial charge on any atom is 0.233 e. The number of para-hydroxylation sites is 1. The molecule has 0 aliphatic carbocycles. The minimum absolute atomic E-state index is 0.131. The first-order valence-electron chi connectivity index (χ1n) is 11.7. The predicted octanol–water partition coefficient (Wildman–Crippen LogP) is 3.95. The lowest BCUT2D eigenvalue weighted by Gasteiger charge is -2.34. The molecule has 0 radical (unpaired) electrons. The number of nitrogens with zero attached hydrogens (tertiary/aromatic N) is 5. The van der Waals surface area contributed by atoms with E-state index in [1.165, 1.54) is 17.3 Å². The van der Waals surface area contributed by atoms with E-state index in [1.54, 1.807) is 0 Å². The third-order valence-electron chi connectivity index (χ3n) is 6.12. The highest BCUT2D eigenvalue weighted by Crippen LogP contribution is 2.28. The fourth-order valence-corrected chi connectivity index (χ4v) is 5.06. The van der Waals surface area contributed by atoms with E-state index in [4.69, 9.17) is 5.73 Å². The van der Waals surface area contributed by atoms with Crippen molar-refractivity contribution in [3.05, 3.63) is 90.5 Å². The highest BCUT2D eigenvalue weighted by atomic mass is 32.2. The quantitative estimate of drug-likeness (QED) is 0.316. The molecule has 2 heterocycles. The van der Waals surface area contributed by atoms with Gasteiger partial charge in [0.15, 0.2) is 11.0 Å². The largest absolute Gasteiger partial charge is 0.399 e. The maximum atomic E-state index is 13.0. The number of piperazine rings is 1. The molecule has 1 aliphatic rings. The second kappa shape index (κ2) is 10.8. The van der Waals surface area contributed by atoms with Gasteiger partial charge in [0.05, 0.1) is 5.75 Å². The first-order chi connectivity index (χ1) is 17.2. The normalized spacial score (nSPS) is 14.2. The summed E-state index contributed by atoms with van der Waals surface area (Å²) >= 11 is 1.43. The Balaban J connectivity index is 1.25. The summed E-state index contributed by atoms with van der Waals surface area (Å²) in [5.41, 5.74) is 9.74. The molecule has 1 aromatic heterocycles. The summed E-state index contributed by atoms with van der Waals surface area (Å²) in [6.45, 7) is 4.17. The summed E-state index contributed by atoms with van der Waals surface area (Å²) in [6.07, 6.45) is 0. The summed E-state index contributed by atoms with van der Waals surface area (Å²) in [4.78, 5) is 17.4. The van der Waals surface area contributed by atoms with Gasteiger partial charge in [0.1, 0.15) is 0 Å². The first kappa shape index (κ1) is 23.1. The van der Waals surface area contributed by atoms with Crippen LogP contribution < -0.4 is 5.73 Å². The van der Waals surface area contributed by atoms with Crippen molar-refractivity contribution in [1.82, 2.24) is 24.6 Å². The van der Waals surface area contributed by atoms with Gasteiger partial charge in [-0.15, -0.1) is 10.2 Å². The lowest BCUT2D eigenvalue weighted by Crippen LogP contribution is -2.48. The van der Waals surface area contributed by atoms with Crippen molar-refractivity contribution in [2.75, 3.05) is 37.7 Å². The summed E-state index contributed by atoms with van der Waals surface area (Å²) in [5, 5.41) is 9.58. The van der Waals surface area contributed by atoms with Crippen LogP contribution in [-0.2, 0) is 11.3 Å². The number of hydrogen-bond acceptors (Lipinski definition) is 6. The Morgan fingerprint density at radius 1 is 0.829 bits per heavy atom. The standard InChI is InChI=1S/C27H28N6OS/c28-23-13-11-22(12-14-23)26-29-30-27(33(26)24-9-5-2-6-10-24)35-20-25(34)32-17-15-31(16-18-32)19-21-7-3-1-4-8-21/h1-14H,15-20,28H2. The zero-order chi connectivity index (χ0) is 24.0. The summed E-state index contributed by atoms with van der Waals surface area (Å²) in [5.74, 6) is 1.18. The number of rotatable bonds is 7. The number of nitrogens with two attached hydrogens (primary N) is 1. The number of hydrogen-bond donors (Lipinski definition) is 1. The van der Waals surface area contributed by atoms with Crippen molar-refractivity contribution in [3.8, 4) is 17.1 Å². The molecular weight excluding hydrogens is 456 g/mol. The Morgan fingerprint density at radius 2 is 1.49 bits per heavy atom. The van der Waals surface area contributed by atoms with Crippen molar-refractivity contribution in [2.45, 2.75) is 11.7 Å². The van der Waals surface area contributed by atoms with Gasteiger partial charge in [0.2, 0.25) is 5.91 Å². The second-order valence-electron chi connectivity index (χ2n) is 8.53. The van der Waals surface area contributed by atoms with Crippen LogP contribution >= 0.6 is 11.8 Å². The topological polar surface area (TPSA) is 80.3 Å². The fraction of sp³-hybridized carbons (Fsp3) is 0.222. The number of amides is 1. The van der Waals surface area contributed by atoms with Gasteiger partial charge < -0.3 is 10.6 Å². The van der Waals surface area contributed by atoms with Gasteiger partial charge in [-0.1, -0.05) is 60.3 Å². The predicted molar refractivity (Wildman–Crippen MR) is 140 cm³/mol. The van der Waals surface area contributed by atoms with Crippen LogP contribution in [0.1, 0.15) is 5.56 Å². The van der Waals surface area contributed by atoms with Crippen LogP contribution in [0.25, 0.3) is 17.1 Å². The van der Waals surface area contributed by atoms with Gasteiger partial charge in [0.25, 0.3) is 0 Å². The highest BCUT2D eigenvalue weighted by Gasteiger charge is 2.23. The number of thioether (sulfide) groups is 1. The van der Waals surface area contributed by atoms with Gasteiger partial charge in [-0.3, -0.25) is 14.3 Å². The number of nitrogen functional groups attached to an aromatic ring is 1. The number of carbonyl (C=O) groups is 1. The molecule has 1 fully saturated rings. The SMILES string of the molecule is Nc1ccc(-c2nnc(SCC(=O)N3CCN(Cc4ccccc4)CC3)n2-c2ccccc2)cc1. The van der Waals surface area contributed by atoms with Gasteiger partial charge in [0, 0.05) is 49.7 Å². The molecule has 0 unspecified atom stereocenters. The molecule has 4 aromatic rings. The molecule has 0 spiro atoms. The average Bonchev–Trinajstić information content (AvgIpc) is 3.33. The Hall–Kier alpha value is -3.62. The third kappa shape index (κ3) is 5.55. The van der Waals surface area contributed by atoms with E-state index < -0.39 is 0 Å². The average molecular weight is 485 g/mol. The number of aromatic nitrogens is 3. The molecule has 1 amide bonds. The summed E-state index contributed by atoms with van der Waals surface area (Å²) < 4.78 is 2.00. The molecule has 1 aliphatic heterocycles. The van der Waals surface area contributed by atoms with Crippen molar-refractivity contribution in [2.24, 2.45) is 0 Å². The van der Waals surface area contributed by atoms with Crippen LogP contribution in [0.3, 0.4) is 0 Å². The van der Waals surface area contributed by atoms with Crippen molar-refractivity contribution >= 4 is 23.4 Å². The van der Waals surface area contributed by atoms with E-state index in [-0.39, 0.29) is 5.91 Å². The van der Waals surface area contributed by atoms with E-state index in [1.807, 2.05) is 70.1 Å². The molecule has 7 nitrogen and oxygen atoms in total. The van der Waals surface area contributed by atoms with E-state index in [2.05, 4.69) is 39.4 Å². The van der Waals surface area contributed by atoms with Crippen molar-refractivity contribution in [1.29, 1.82) is 0 Å². The van der Waals surface area contributed by atoms with E-state index >= 15 is 0 Å². The Kier molecular flexibility index (Phi) is 7.11. The van der Waals surface area contributed by atoms with Crippen molar-refractivity contribution < 1.29 is 4.79 Å². The lowest BCUT2D eigenvalue weighted by molar-refractivity contribution is -0.130. The molecule has 8 heteroatoms. The number of anilines is 1. The van der Waals surface area contributed by atoms with Crippen LogP contribution in [-0.4, -0.2) is 62.4 Å². The lowest BCUT2D eigenvalue weighted by atomic mass is 10.2. The van der Waals surface area contributed by atoms with Crippen LogP contribution in [0.2, 0.25) is 0 Å². The molecule has 35 heavy (non-hydrogen) atoms. The smallest absolute Gasteiger partial charge is 0.233 e. The summed E-state index contributed by atoms with van der Waals surface area (Å²) in [7, 11) is 0. The van der Waals surface area contributed by atoms with Gasteiger partial charge in [-0.25, -0.2) is 0 Å². The van der Waals surface area contributed by atoms with Crippen LogP contribution in [0, 0.1) is 0 Å². The highest BCUT2D eigenvalue weighted by molar-refractivity contribution is 7.99. The molecule has 2 N–H and O–H groups in total. The Labute approximate surface area is 209 Å². The fourth-order valence-electron chi connectivity index (χ4n) is 4.21. The van der Waals surface area contributed by atoms with Crippen molar-refractivity contribution in [3.63, 3.8) is 0 Å². The zero-order valence-corrected chi connectivity index (χ0v) is 20.3. The second-order valence-corrected chi connectivity index (χ2v) is 9.47. The van der Waals surface area contributed by atoms with Gasteiger partial charge in [-0.05, 0) is 42.0 Å². The monoisotopic (exact) mass is 484 g/mol. The minimum Gasteiger partial charge on any atom is -0.399 e. The first-order valence-corrected chi connectivity index (χ1v) is 12.7. The number of carbonyl (C=O) groups excluding carboxylic acids is 1. The van der Waals surface area contributed by atoms with Gasteiger partial charge in [-0.2, -0.15) is 0 Å². The van der Waals surface area contributed by atoms with E-state index in [0.717, 1.165) is 49.8 Å².